The molecule has 2 aromatic rings. The van der Waals surface area contributed by atoms with Crippen LogP contribution < -0.4 is 9.64 Å². The van der Waals surface area contributed by atoms with E-state index in [0.717, 1.165) is 50.5 Å². The summed E-state index contributed by atoms with van der Waals surface area (Å²) in [6.45, 7) is 9.34. The number of unbranched alkanes of at least 4 members (excludes halogenated alkanes) is 2. The second-order valence-electron chi connectivity index (χ2n) is 8.77. The van der Waals surface area contributed by atoms with Gasteiger partial charge < -0.3 is 9.64 Å². The van der Waals surface area contributed by atoms with Gasteiger partial charge in [0.15, 0.2) is 0 Å². The van der Waals surface area contributed by atoms with Gasteiger partial charge in [0, 0.05) is 31.9 Å². The van der Waals surface area contributed by atoms with E-state index in [0.29, 0.717) is 15.9 Å². The topological polar surface area (TPSA) is 36.0 Å². The summed E-state index contributed by atoms with van der Waals surface area (Å²) in [6, 6.07) is 16.4. The number of hydrogen-bond donors (Lipinski definition) is 0. The molecule has 180 valence electrons. The summed E-state index contributed by atoms with van der Waals surface area (Å²) in [4.78, 5) is 20.2. The Balaban J connectivity index is 1.31. The first kappa shape index (κ1) is 24.8. The van der Waals surface area contributed by atoms with Crippen molar-refractivity contribution in [3.8, 4) is 5.75 Å². The molecule has 2 heterocycles. The fourth-order valence-electron chi connectivity index (χ4n) is 4.22. The highest BCUT2D eigenvalue weighted by Crippen LogP contribution is 2.33. The van der Waals surface area contributed by atoms with Crippen LogP contribution in [0.15, 0.2) is 53.4 Å². The first-order valence-corrected chi connectivity index (χ1v) is 13.3. The van der Waals surface area contributed by atoms with E-state index in [4.69, 9.17) is 17.0 Å². The van der Waals surface area contributed by atoms with E-state index in [1.807, 2.05) is 30.3 Å². The summed E-state index contributed by atoms with van der Waals surface area (Å²) < 4.78 is 6.42. The van der Waals surface area contributed by atoms with Gasteiger partial charge in [0.2, 0.25) is 0 Å². The zero-order chi connectivity index (χ0) is 23.9. The Morgan fingerprint density at radius 3 is 2.47 bits per heavy atom. The third kappa shape index (κ3) is 6.20. The fourth-order valence-corrected chi connectivity index (χ4v) is 5.47. The number of thioether (sulfide) groups is 1. The molecule has 0 N–H and O–H groups in total. The number of benzene rings is 2. The third-order valence-electron chi connectivity index (χ3n) is 6.24. The molecule has 34 heavy (non-hydrogen) atoms. The lowest BCUT2D eigenvalue weighted by Crippen LogP contribution is -2.51. The highest BCUT2D eigenvalue weighted by Gasteiger charge is 2.33. The minimum absolute atomic E-state index is 0.00349. The third-order valence-corrected chi connectivity index (χ3v) is 7.62. The van der Waals surface area contributed by atoms with Crippen molar-refractivity contribution in [1.82, 2.24) is 9.80 Å². The van der Waals surface area contributed by atoms with Gasteiger partial charge in [0.05, 0.1) is 18.2 Å². The smallest absolute Gasteiger partial charge is 0.267 e. The Bertz CT molecular complexity index is 1030. The molecule has 2 aromatic carbocycles. The molecule has 0 radical (unpaired) electrons. The lowest BCUT2D eigenvalue weighted by molar-refractivity contribution is -0.123. The van der Waals surface area contributed by atoms with Crippen LogP contribution >= 0.6 is 24.0 Å². The largest absolute Gasteiger partial charge is 0.494 e. The number of ether oxygens (including phenoxy) is 1. The normalized spacial score (nSPS) is 18.2. The number of thiocarbonyl (C=S) groups is 1. The molecule has 4 rings (SSSR count). The Kier molecular flexibility index (Phi) is 8.64. The van der Waals surface area contributed by atoms with Crippen molar-refractivity contribution >= 4 is 46.0 Å². The van der Waals surface area contributed by atoms with Crippen LogP contribution in [0.1, 0.15) is 37.3 Å². The average molecular weight is 496 g/mol. The van der Waals surface area contributed by atoms with Gasteiger partial charge in [-0.3, -0.25) is 14.6 Å². The van der Waals surface area contributed by atoms with E-state index in [9.17, 15) is 4.79 Å². The molecule has 2 aliphatic heterocycles. The highest BCUT2D eigenvalue weighted by atomic mass is 32.2. The predicted molar refractivity (Wildman–Crippen MR) is 146 cm³/mol. The summed E-state index contributed by atoms with van der Waals surface area (Å²) in [5, 5.41) is 0. The second-order valence-corrected chi connectivity index (χ2v) is 10.4. The highest BCUT2D eigenvalue weighted by molar-refractivity contribution is 8.26. The molecule has 0 aliphatic carbocycles. The minimum atomic E-state index is -0.00349. The van der Waals surface area contributed by atoms with Crippen molar-refractivity contribution in [3.63, 3.8) is 0 Å². The van der Waals surface area contributed by atoms with Crippen LogP contribution in [0.5, 0.6) is 5.75 Å². The molecule has 0 bridgehead atoms. The lowest BCUT2D eigenvalue weighted by Gasteiger charge is -2.38. The van der Waals surface area contributed by atoms with Gasteiger partial charge in [-0.05, 0) is 48.7 Å². The van der Waals surface area contributed by atoms with Gasteiger partial charge in [-0.2, -0.15) is 0 Å². The number of carbonyl (C=O) groups excluding carboxylic acids is 1. The standard InChI is InChI=1S/C27H33N3O2S2/c1-3-4-7-18-32-23-12-10-22(11-13-23)19-25-26(31)30(27(33)34-25)20-28-14-16-29(17-15-28)24-9-6-5-8-21(24)2/h5-6,8-13,19H,3-4,7,14-18,20H2,1-2H3/b25-19-. The molecule has 5 nitrogen and oxygen atoms in total. The molecular weight excluding hydrogens is 462 g/mol. The van der Waals surface area contributed by atoms with Gasteiger partial charge >= 0.3 is 0 Å². The molecular formula is C27H33N3O2S2. The zero-order valence-electron chi connectivity index (χ0n) is 20.0. The summed E-state index contributed by atoms with van der Waals surface area (Å²) in [5.41, 5.74) is 3.58. The molecule has 0 spiro atoms. The van der Waals surface area contributed by atoms with Gasteiger partial charge in [-0.1, -0.05) is 74.1 Å². The molecule has 1 amide bonds. The number of carbonyl (C=O) groups is 1. The minimum Gasteiger partial charge on any atom is -0.494 e. The monoisotopic (exact) mass is 495 g/mol. The van der Waals surface area contributed by atoms with Crippen molar-refractivity contribution in [3.05, 3.63) is 64.6 Å². The van der Waals surface area contributed by atoms with Crippen molar-refractivity contribution in [1.29, 1.82) is 0 Å². The van der Waals surface area contributed by atoms with E-state index in [-0.39, 0.29) is 5.91 Å². The second kappa shape index (κ2) is 11.9. The Morgan fingerprint density at radius 2 is 1.76 bits per heavy atom. The molecule has 7 heteroatoms. The maximum absolute atomic E-state index is 13.1. The van der Waals surface area contributed by atoms with Gasteiger partial charge in [0.1, 0.15) is 10.1 Å². The molecule has 0 aromatic heterocycles. The summed E-state index contributed by atoms with van der Waals surface area (Å²) >= 11 is 6.95. The van der Waals surface area contributed by atoms with E-state index in [1.54, 1.807) is 4.90 Å². The van der Waals surface area contributed by atoms with Crippen LogP contribution in [0.4, 0.5) is 5.69 Å². The summed E-state index contributed by atoms with van der Waals surface area (Å²) in [6.07, 6.45) is 5.37. The van der Waals surface area contributed by atoms with E-state index in [2.05, 4.69) is 47.9 Å². The quantitative estimate of drug-likeness (QED) is 0.258. The maximum Gasteiger partial charge on any atom is 0.267 e. The van der Waals surface area contributed by atoms with Gasteiger partial charge in [-0.25, -0.2) is 0 Å². The molecule has 0 atom stereocenters. The number of amides is 1. The van der Waals surface area contributed by atoms with Gasteiger partial charge in [-0.15, -0.1) is 0 Å². The average Bonchev–Trinajstić information content (AvgIpc) is 3.11. The first-order chi connectivity index (χ1) is 16.5. The van der Waals surface area contributed by atoms with Crippen molar-refractivity contribution in [2.24, 2.45) is 0 Å². The molecule has 0 saturated carbocycles. The Morgan fingerprint density at radius 1 is 1.03 bits per heavy atom. The summed E-state index contributed by atoms with van der Waals surface area (Å²) in [5.74, 6) is 0.863. The lowest BCUT2D eigenvalue weighted by atomic mass is 10.1. The Labute approximate surface area is 212 Å². The van der Waals surface area contributed by atoms with Crippen LogP contribution in [-0.4, -0.2) is 59.5 Å². The van der Waals surface area contributed by atoms with Crippen LogP contribution in [0.3, 0.4) is 0 Å². The number of hydrogen-bond acceptors (Lipinski definition) is 6. The van der Waals surface area contributed by atoms with Gasteiger partial charge in [0.25, 0.3) is 5.91 Å². The van der Waals surface area contributed by atoms with Crippen LogP contribution in [0.2, 0.25) is 0 Å². The predicted octanol–water partition coefficient (Wildman–Crippen LogP) is 5.54. The number of aryl methyl sites for hydroxylation is 1. The van der Waals surface area contributed by atoms with Crippen molar-refractivity contribution < 1.29 is 9.53 Å². The number of rotatable bonds is 9. The van der Waals surface area contributed by atoms with E-state index >= 15 is 0 Å². The zero-order valence-corrected chi connectivity index (χ0v) is 21.7. The van der Waals surface area contributed by atoms with Crippen molar-refractivity contribution in [2.45, 2.75) is 33.1 Å². The van der Waals surface area contributed by atoms with Crippen LogP contribution in [-0.2, 0) is 4.79 Å². The van der Waals surface area contributed by atoms with Crippen LogP contribution in [0.25, 0.3) is 6.08 Å². The molecule has 2 saturated heterocycles. The van der Waals surface area contributed by atoms with E-state index in [1.165, 1.54) is 35.9 Å². The first-order valence-electron chi connectivity index (χ1n) is 12.1. The number of para-hydroxylation sites is 1. The van der Waals surface area contributed by atoms with E-state index < -0.39 is 0 Å². The molecule has 2 fully saturated rings. The van der Waals surface area contributed by atoms with Crippen molar-refractivity contribution in [2.75, 3.05) is 44.4 Å². The molecule has 2 aliphatic rings. The summed E-state index contributed by atoms with van der Waals surface area (Å²) in [7, 11) is 0. The number of anilines is 1. The fraction of sp³-hybridized carbons (Fsp3) is 0.407. The number of nitrogens with zero attached hydrogens (tertiary/aromatic N) is 3. The van der Waals surface area contributed by atoms with Crippen LogP contribution in [0, 0.1) is 6.92 Å². The SMILES string of the molecule is CCCCCOc1ccc(/C=C2\SC(=S)N(CN3CCN(c4ccccc4C)CC3)C2=O)cc1. The molecule has 0 unspecified atom stereocenters. The maximum atomic E-state index is 13.1. The Hall–Kier alpha value is -2.35. The number of piperazine rings is 1.